The Balaban J connectivity index is 3.41. The highest BCUT2D eigenvalue weighted by molar-refractivity contribution is 7.91. The van der Waals surface area contributed by atoms with Gasteiger partial charge in [-0.3, -0.25) is 0 Å². The van der Waals surface area contributed by atoms with Crippen molar-refractivity contribution >= 4 is 9.84 Å². The lowest BCUT2D eigenvalue weighted by Gasteiger charge is -2.05. The van der Waals surface area contributed by atoms with Crippen LogP contribution in [0.5, 0.6) is 0 Å². The number of rotatable bonds is 15. The fourth-order valence-electron chi connectivity index (χ4n) is 2.48. The molecule has 0 N–H and O–H groups in total. The standard InChI is InChI=1S/C17H36O2S/c1-3-5-7-9-11-13-15-17-20(18,19)16-14-12-10-8-6-4-2/h3-17H2,1-2H3. The van der Waals surface area contributed by atoms with Gasteiger partial charge < -0.3 is 0 Å². The minimum atomic E-state index is -2.77. The number of sulfone groups is 1. The average molecular weight is 305 g/mol. The first-order valence-corrected chi connectivity index (χ1v) is 10.6. The molecule has 0 fully saturated rings. The van der Waals surface area contributed by atoms with Crippen LogP contribution in [0.25, 0.3) is 0 Å². The van der Waals surface area contributed by atoms with Crippen LogP contribution in [-0.2, 0) is 9.84 Å². The van der Waals surface area contributed by atoms with Crippen LogP contribution in [0.2, 0.25) is 0 Å². The Morgan fingerprint density at radius 1 is 0.500 bits per heavy atom. The number of unbranched alkanes of at least 4 members (excludes halogenated alkanes) is 11. The minimum Gasteiger partial charge on any atom is -0.229 e. The molecule has 0 rings (SSSR count). The third kappa shape index (κ3) is 14.4. The van der Waals surface area contributed by atoms with E-state index in [1.165, 1.54) is 57.8 Å². The molecule has 0 aliphatic rings. The summed E-state index contributed by atoms with van der Waals surface area (Å²) in [5.41, 5.74) is 0. The van der Waals surface area contributed by atoms with E-state index in [0.717, 1.165) is 25.7 Å². The van der Waals surface area contributed by atoms with Gasteiger partial charge >= 0.3 is 0 Å². The predicted octanol–water partition coefficient (Wildman–Crippen LogP) is 5.51. The van der Waals surface area contributed by atoms with E-state index < -0.39 is 9.84 Å². The van der Waals surface area contributed by atoms with Crippen molar-refractivity contribution in [2.75, 3.05) is 11.5 Å². The Morgan fingerprint density at radius 3 is 1.15 bits per heavy atom. The van der Waals surface area contributed by atoms with E-state index in [0.29, 0.717) is 11.5 Å². The van der Waals surface area contributed by atoms with E-state index in [1.54, 1.807) is 0 Å². The fourth-order valence-corrected chi connectivity index (χ4v) is 3.98. The summed E-state index contributed by atoms with van der Waals surface area (Å²) in [6.07, 6.45) is 15.2. The molecule has 0 aromatic carbocycles. The zero-order valence-corrected chi connectivity index (χ0v) is 14.6. The smallest absolute Gasteiger partial charge is 0.150 e. The van der Waals surface area contributed by atoms with Gasteiger partial charge in [0, 0.05) is 0 Å². The van der Waals surface area contributed by atoms with E-state index >= 15 is 0 Å². The summed E-state index contributed by atoms with van der Waals surface area (Å²) in [7, 11) is -2.77. The Hall–Kier alpha value is -0.0500. The fraction of sp³-hybridized carbons (Fsp3) is 1.00. The quantitative estimate of drug-likeness (QED) is 0.374. The first-order valence-electron chi connectivity index (χ1n) is 8.82. The lowest BCUT2D eigenvalue weighted by atomic mass is 10.1. The molecule has 0 heterocycles. The van der Waals surface area contributed by atoms with Gasteiger partial charge in [0.25, 0.3) is 0 Å². The molecule has 0 unspecified atom stereocenters. The van der Waals surface area contributed by atoms with Gasteiger partial charge in [-0.2, -0.15) is 0 Å². The van der Waals surface area contributed by atoms with Crippen molar-refractivity contribution in [1.82, 2.24) is 0 Å². The number of hydrogen-bond donors (Lipinski definition) is 0. The monoisotopic (exact) mass is 304 g/mol. The van der Waals surface area contributed by atoms with Crippen LogP contribution in [0.1, 0.15) is 97.3 Å². The molecule has 3 heteroatoms. The van der Waals surface area contributed by atoms with Crippen molar-refractivity contribution in [2.45, 2.75) is 97.3 Å². The second-order valence-electron chi connectivity index (χ2n) is 6.04. The van der Waals surface area contributed by atoms with Crippen LogP contribution in [-0.4, -0.2) is 19.9 Å². The molecule has 2 nitrogen and oxygen atoms in total. The average Bonchev–Trinajstić information content (AvgIpc) is 2.41. The van der Waals surface area contributed by atoms with Gasteiger partial charge in [-0.25, -0.2) is 8.42 Å². The molecule has 0 aliphatic heterocycles. The van der Waals surface area contributed by atoms with E-state index in [1.807, 2.05) is 0 Å². The van der Waals surface area contributed by atoms with Crippen molar-refractivity contribution in [3.8, 4) is 0 Å². The summed E-state index contributed by atoms with van der Waals surface area (Å²) in [5, 5.41) is 0. The van der Waals surface area contributed by atoms with Crippen LogP contribution in [0.15, 0.2) is 0 Å². The predicted molar refractivity (Wildman–Crippen MR) is 90.0 cm³/mol. The van der Waals surface area contributed by atoms with Gasteiger partial charge in [0.2, 0.25) is 0 Å². The normalized spacial score (nSPS) is 11.9. The van der Waals surface area contributed by atoms with E-state index in [9.17, 15) is 8.42 Å². The summed E-state index contributed by atoms with van der Waals surface area (Å²) in [6.45, 7) is 4.42. The van der Waals surface area contributed by atoms with Gasteiger partial charge in [-0.05, 0) is 12.8 Å². The molecule has 0 aliphatic carbocycles. The third-order valence-corrected chi connectivity index (χ3v) is 5.69. The van der Waals surface area contributed by atoms with E-state index in [2.05, 4.69) is 13.8 Å². The van der Waals surface area contributed by atoms with Crippen molar-refractivity contribution in [2.24, 2.45) is 0 Å². The maximum Gasteiger partial charge on any atom is 0.150 e. The molecule has 20 heavy (non-hydrogen) atoms. The van der Waals surface area contributed by atoms with Gasteiger partial charge in [-0.15, -0.1) is 0 Å². The Kier molecular flexibility index (Phi) is 13.9. The van der Waals surface area contributed by atoms with Crippen LogP contribution in [0.3, 0.4) is 0 Å². The van der Waals surface area contributed by atoms with Crippen molar-refractivity contribution < 1.29 is 8.42 Å². The van der Waals surface area contributed by atoms with Gasteiger partial charge in [0.05, 0.1) is 11.5 Å². The van der Waals surface area contributed by atoms with Crippen molar-refractivity contribution in [3.63, 3.8) is 0 Å². The summed E-state index contributed by atoms with van der Waals surface area (Å²) >= 11 is 0. The maximum absolute atomic E-state index is 11.9. The summed E-state index contributed by atoms with van der Waals surface area (Å²) in [6, 6.07) is 0. The first kappa shape index (κ1) is 19.9. The molecule has 0 spiro atoms. The van der Waals surface area contributed by atoms with Crippen LogP contribution in [0.4, 0.5) is 0 Å². The zero-order chi connectivity index (χ0) is 15.1. The summed E-state index contributed by atoms with van der Waals surface area (Å²) < 4.78 is 23.7. The number of hydrogen-bond acceptors (Lipinski definition) is 2. The molecule has 0 aromatic rings. The molecule has 122 valence electrons. The van der Waals surface area contributed by atoms with Crippen LogP contribution in [0, 0.1) is 0 Å². The van der Waals surface area contributed by atoms with Gasteiger partial charge in [-0.1, -0.05) is 84.5 Å². The third-order valence-electron chi connectivity index (χ3n) is 3.87. The zero-order valence-electron chi connectivity index (χ0n) is 13.8. The molecular weight excluding hydrogens is 268 g/mol. The largest absolute Gasteiger partial charge is 0.229 e. The first-order chi connectivity index (χ1) is 9.62. The Labute approximate surface area is 127 Å². The highest BCUT2D eigenvalue weighted by Gasteiger charge is 2.09. The molecule has 0 atom stereocenters. The second-order valence-corrected chi connectivity index (χ2v) is 8.34. The van der Waals surface area contributed by atoms with Crippen LogP contribution < -0.4 is 0 Å². The Morgan fingerprint density at radius 2 is 0.800 bits per heavy atom. The molecular formula is C17H36O2S. The van der Waals surface area contributed by atoms with Gasteiger partial charge in [0.15, 0.2) is 0 Å². The van der Waals surface area contributed by atoms with Crippen LogP contribution >= 0.6 is 0 Å². The molecule has 0 amide bonds. The molecule has 0 radical (unpaired) electrons. The van der Waals surface area contributed by atoms with Gasteiger partial charge in [0.1, 0.15) is 9.84 Å². The summed E-state index contributed by atoms with van der Waals surface area (Å²) in [4.78, 5) is 0. The van der Waals surface area contributed by atoms with Crippen molar-refractivity contribution in [3.05, 3.63) is 0 Å². The lowest BCUT2D eigenvalue weighted by Crippen LogP contribution is -2.11. The van der Waals surface area contributed by atoms with E-state index in [-0.39, 0.29) is 0 Å². The molecule has 0 saturated heterocycles. The highest BCUT2D eigenvalue weighted by atomic mass is 32.2. The topological polar surface area (TPSA) is 34.1 Å². The molecule has 0 aromatic heterocycles. The SMILES string of the molecule is CCCCCCCCCS(=O)(=O)CCCCCCCC. The minimum absolute atomic E-state index is 0.412. The highest BCUT2D eigenvalue weighted by Crippen LogP contribution is 2.10. The molecule has 0 saturated carbocycles. The summed E-state index contributed by atoms with van der Waals surface area (Å²) in [5.74, 6) is 0.824. The Bertz CT molecular complexity index is 283. The van der Waals surface area contributed by atoms with Crippen molar-refractivity contribution in [1.29, 1.82) is 0 Å². The van der Waals surface area contributed by atoms with E-state index in [4.69, 9.17) is 0 Å². The lowest BCUT2D eigenvalue weighted by molar-refractivity contribution is 0.572. The molecule has 0 bridgehead atoms. The second kappa shape index (κ2) is 13.9. The maximum atomic E-state index is 11.9.